The number of nitrogens with zero attached hydrogens (tertiary/aromatic N) is 1. The highest BCUT2D eigenvalue weighted by atomic mass is 32.2. The van der Waals surface area contributed by atoms with Gasteiger partial charge in [-0.25, -0.2) is 18.2 Å². The summed E-state index contributed by atoms with van der Waals surface area (Å²) in [4.78, 5) is 15.6. The zero-order valence-electron chi connectivity index (χ0n) is 15.3. The Hall–Kier alpha value is -3.43. The smallest absolute Gasteiger partial charge is 0.395 e. The Morgan fingerprint density at radius 3 is 2.52 bits per heavy atom. The molecule has 0 radical (unpaired) electrons. The number of aliphatic hydroxyl groups is 1. The second kappa shape index (κ2) is 9.18. The first-order valence-electron chi connectivity index (χ1n) is 8.69. The number of pyridine rings is 1. The number of hydrogen-bond acceptors (Lipinski definition) is 6. The molecular weight excluding hydrogens is 394 g/mol. The van der Waals surface area contributed by atoms with Gasteiger partial charge in [0.25, 0.3) is 10.0 Å². The van der Waals surface area contributed by atoms with Crippen molar-refractivity contribution < 1.29 is 23.1 Å². The van der Waals surface area contributed by atoms with E-state index in [0.717, 1.165) is 5.56 Å². The van der Waals surface area contributed by atoms with Crippen molar-refractivity contribution in [1.82, 2.24) is 10.3 Å². The Labute approximate surface area is 168 Å². The van der Waals surface area contributed by atoms with Gasteiger partial charge in [-0.3, -0.25) is 4.72 Å². The molecule has 0 saturated carbocycles. The fraction of sp³-hybridized carbons (Fsp3) is 0.100. The van der Waals surface area contributed by atoms with Crippen LogP contribution >= 0.6 is 0 Å². The maximum atomic E-state index is 13.0. The van der Waals surface area contributed by atoms with Crippen LogP contribution in [0.25, 0.3) is 11.1 Å². The lowest BCUT2D eigenvalue weighted by atomic mass is 10.1. The third-order valence-electron chi connectivity index (χ3n) is 3.83. The molecular formula is C20H19N3O5S. The molecule has 0 saturated heterocycles. The highest BCUT2D eigenvalue weighted by Gasteiger charge is 2.19. The second-order valence-corrected chi connectivity index (χ2v) is 7.54. The first kappa shape index (κ1) is 20.3. The van der Waals surface area contributed by atoms with Gasteiger partial charge in [0.15, 0.2) is 0 Å². The first-order chi connectivity index (χ1) is 14.0. The van der Waals surface area contributed by atoms with Crippen molar-refractivity contribution in [2.45, 2.75) is 4.90 Å². The summed E-state index contributed by atoms with van der Waals surface area (Å²) < 4.78 is 33.4. The predicted octanol–water partition coefficient (Wildman–Crippen LogP) is 2.63. The topological polar surface area (TPSA) is 118 Å². The van der Waals surface area contributed by atoms with Crippen LogP contribution < -0.4 is 14.8 Å². The van der Waals surface area contributed by atoms with Gasteiger partial charge in [0.1, 0.15) is 0 Å². The lowest BCUT2D eigenvalue weighted by Gasteiger charge is -2.13. The van der Waals surface area contributed by atoms with Crippen molar-refractivity contribution in [2.75, 3.05) is 17.9 Å². The average Bonchev–Trinajstić information content (AvgIpc) is 2.73. The molecule has 9 heteroatoms. The highest BCUT2D eigenvalue weighted by molar-refractivity contribution is 7.92. The quantitative estimate of drug-likeness (QED) is 0.548. The summed E-state index contributed by atoms with van der Waals surface area (Å²) in [5, 5.41) is 11.0. The number of anilines is 1. The van der Waals surface area contributed by atoms with Gasteiger partial charge in [0, 0.05) is 24.4 Å². The SMILES string of the molecule is O=C(NCCO)Oc1cc(NS(=O)(=O)c2ccccc2-c2ccccc2)ccn1. The first-order valence-corrected chi connectivity index (χ1v) is 10.2. The van der Waals surface area contributed by atoms with E-state index >= 15 is 0 Å². The number of rotatable bonds is 7. The van der Waals surface area contributed by atoms with E-state index in [2.05, 4.69) is 15.0 Å². The van der Waals surface area contributed by atoms with Crippen molar-refractivity contribution in [3.63, 3.8) is 0 Å². The number of aromatic nitrogens is 1. The maximum Gasteiger partial charge on any atom is 0.414 e. The fourth-order valence-electron chi connectivity index (χ4n) is 2.59. The molecule has 29 heavy (non-hydrogen) atoms. The minimum atomic E-state index is -3.92. The van der Waals surface area contributed by atoms with Gasteiger partial charge in [-0.1, -0.05) is 48.5 Å². The minimum Gasteiger partial charge on any atom is -0.395 e. The Morgan fingerprint density at radius 1 is 1.03 bits per heavy atom. The van der Waals surface area contributed by atoms with E-state index in [1.807, 2.05) is 30.3 Å². The molecule has 0 aliphatic heterocycles. The molecule has 3 N–H and O–H groups in total. The number of nitrogens with one attached hydrogen (secondary N) is 2. The minimum absolute atomic E-state index is 0.0292. The van der Waals surface area contributed by atoms with Crippen LogP contribution in [-0.2, 0) is 10.0 Å². The van der Waals surface area contributed by atoms with E-state index in [-0.39, 0.29) is 29.6 Å². The number of benzene rings is 2. The van der Waals surface area contributed by atoms with E-state index in [4.69, 9.17) is 9.84 Å². The predicted molar refractivity (Wildman–Crippen MR) is 108 cm³/mol. The summed E-state index contributed by atoms with van der Waals surface area (Å²) in [6, 6.07) is 18.6. The van der Waals surface area contributed by atoms with Crippen LogP contribution in [-0.4, -0.2) is 37.8 Å². The molecule has 0 fully saturated rings. The molecule has 0 spiro atoms. The van der Waals surface area contributed by atoms with Crippen molar-refractivity contribution in [2.24, 2.45) is 0 Å². The van der Waals surface area contributed by atoms with Crippen molar-refractivity contribution in [3.05, 3.63) is 72.9 Å². The van der Waals surface area contributed by atoms with Gasteiger partial charge in [-0.15, -0.1) is 0 Å². The average molecular weight is 413 g/mol. The molecule has 0 aliphatic carbocycles. The molecule has 0 aliphatic rings. The van der Waals surface area contributed by atoms with Gasteiger partial charge in [-0.2, -0.15) is 0 Å². The lowest BCUT2D eigenvalue weighted by Crippen LogP contribution is -2.29. The van der Waals surface area contributed by atoms with Gasteiger partial charge in [0.05, 0.1) is 17.2 Å². The number of hydrogen-bond donors (Lipinski definition) is 3. The number of amides is 1. The summed E-state index contributed by atoms with van der Waals surface area (Å²) in [6.45, 7) is -0.204. The lowest BCUT2D eigenvalue weighted by molar-refractivity contribution is 0.194. The molecule has 0 bridgehead atoms. The molecule has 1 aromatic heterocycles. The molecule has 3 aromatic rings. The molecule has 150 valence electrons. The second-order valence-electron chi connectivity index (χ2n) is 5.89. The Bertz CT molecular complexity index is 1090. The summed E-state index contributed by atoms with van der Waals surface area (Å²) in [5.41, 5.74) is 1.52. The Balaban J connectivity index is 1.84. The maximum absolute atomic E-state index is 13.0. The summed E-state index contributed by atoms with van der Waals surface area (Å²) in [5.74, 6) is -0.0861. The third-order valence-corrected chi connectivity index (χ3v) is 5.27. The van der Waals surface area contributed by atoms with Gasteiger partial charge in [0.2, 0.25) is 5.88 Å². The van der Waals surface area contributed by atoms with Crippen LogP contribution in [0.15, 0.2) is 77.8 Å². The molecule has 3 rings (SSSR count). The summed E-state index contributed by atoms with van der Waals surface area (Å²) >= 11 is 0. The zero-order valence-corrected chi connectivity index (χ0v) is 16.1. The van der Waals surface area contributed by atoms with Crippen LogP contribution in [0, 0.1) is 0 Å². The van der Waals surface area contributed by atoms with Gasteiger partial charge < -0.3 is 15.2 Å². The van der Waals surface area contributed by atoms with Crippen LogP contribution in [0.1, 0.15) is 0 Å². The van der Waals surface area contributed by atoms with Gasteiger partial charge >= 0.3 is 6.09 Å². The van der Waals surface area contributed by atoms with E-state index in [1.165, 1.54) is 24.4 Å². The van der Waals surface area contributed by atoms with Crippen molar-refractivity contribution in [3.8, 4) is 17.0 Å². The van der Waals surface area contributed by atoms with Crippen LogP contribution in [0.5, 0.6) is 5.88 Å². The van der Waals surface area contributed by atoms with Gasteiger partial charge in [-0.05, 0) is 17.7 Å². The molecule has 0 unspecified atom stereocenters. The Morgan fingerprint density at radius 2 is 1.76 bits per heavy atom. The highest BCUT2D eigenvalue weighted by Crippen LogP contribution is 2.28. The monoisotopic (exact) mass is 413 g/mol. The van der Waals surface area contributed by atoms with Crippen LogP contribution in [0.4, 0.5) is 10.5 Å². The van der Waals surface area contributed by atoms with E-state index in [9.17, 15) is 13.2 Å². The van der Waals surface area contributed by atoms with Crippen molar-refractivity contribution >= 4 is 21.8 Å². The molecule has 2 aromatic carbocycles. The third kappa shape index (κ3) is 5.31. The number of carbonyl (C=O) groups excluding carboxylic acids is 1. The number of carbonyl (C=O) groups is 1. The largest absolute Gasteiger partial charge is 0.414 e. The van der Waals surface area contributed by atoms with Crippen LogP contribution in [0.2, 0.25) is 0 Å². The fourth-order valence-corrected chi connectivity index (χ4v) is 3.87. The van der Waals surface area contributed by atoms with Crippen LogP contribution in [0.3, 0.4) is 0 Å². The number of ether oxygens (including phenoxy) is 1. The van der Waals surface area contributed by atoms with E-state index in [1.54, 1.807) is 18.2 Å². The Kier molecular flexibility index (Phi) is 6.43. The molecule has 1 heterocycles. The molecule has 1 amide bonds. The van der Waals surface area contributed by atoms with E-state index < -0.39 is 16.1 Å². The molecule has 8 nitrogen and oxygen atoms in total. The zero-order chi connectivity index (χ0) is 20.7. The normalized spacial score (nSPS) is 10.9. The standard InChI is InChI=1S/C20H19N3O5S/c24-13-12-22-20(25)28-19-14-16(10-11-21-19)23-29(26,27)18-9-5-4-8-17(18)15-6-2-1-3-7-15/h1-11,14,24H,12-13H2,(H,21,23)(H,22,25). The summed E-state index contributed by atoms with van der Waals surface area (Å²) in [7, 11) is -3.92. The van der Waals surface area contributed by atoms with E-state index in [0.29, 0.717) is 5.56 Å². The number of aliphatic hydroxyl groups excluding tert-OH is 1. The summed E-state index contributed by atoms with van der Waals surface area (Å²) in [6.07, 6.45) is 0.510. The number of sulfonamides is 1. The molecule has 0 atom stereocenters. The van der Waals surface area contributed by atoms with Crippen molar-refractivity contribution in [1.29, 1.82) is 0 Å².